The van der Waals surface area contributed by atoms with E-state index in [2.05, 4.69) is 15.9 Å². The van der Waals surface area contributed by atoms with E-state index in [0.29, 0.717) is 19.8 Å². The number of nitrogens with zero attached hydrogens (tertiary/aromatic N) is 1. The molecule has 1 aromatic carbocycles. The Hall–Kier alpha value is -0.910. The topological polar surface area (TPSA) is 55.6 Å². The molecule has 1 fully saturated rings. The number of carbonyl (C=O) groups is 1. The van der Waals surface area contributed by atoms with Crippen LogP contribution >= 0.6 is 15.9 Å². The molecule has 4 nitrogen and oxygen atoms in total. The fourth-order valence-corrected chi connectivity index (χ4v) is 2.96. The van der Waals surface area contributed by atoms with Gasteiger partial charge in [0, 0.05) is 31.3 Å². The Kier molecular flexibility index (Phi) is 5.57. The third kappa shape index (κ3) is 4.04. The predicted octanol–water partition coefficient (Wildman–Crippen LogP) is 2.16. The van der Waals surface area contributed by atoms with Crippen LogP contribution in [0.3, 0.4) is 0 Å². The molecule has 5 heteroatoms. The van der Waals surface area contributed by atoms with Crippen molar-refractivity contribution in [3.63, 3.8) is 0 Å². The maximum Gasteiger partial charge on any atom is 0.239 e. The van der Waals surface area contributed by atoms with Gasteiger partial charge in [-0.2, -0.15) is 0 Å². The molecule has 0 bridgehead atoms. The van der Waals surface area contributed by atoms with Gasteiger partial charge in [-0.3, -0.25) is 4.79 Å². The molecule has 1 heterocycles. The number of likely N-dealkylation sites (N-methyl/N-ethyl adjacent to an activating group) is 1. The highest BCUT2D eigenvalue weighted by Crippen LogP contribution is 2.19. The smallest absolute Gasteiger partial charge is 0.239 e. The monoisotopic (exact) mass is 340 g/mol. The van der Waals surface area contributed by atoms with E-state index in [-0.39, 0.29) is 11.8 Å². The molecule has 1 unspecified atom stereocenters. The van der Waals surface area contributed by atoms with Crippen molar-refractivity contribution in [2.75, 3.05) is 20.3 Å². The van der Waals surface area contributed by atoms with Crippen molar-refractivity contribution in [3.8, 4) is 0 Å². The summed E-state index contributed by atoms with van der Waals surface area (Å²) in [5.74, 6) is 0.248. The molecule has 1 atom stereocenters. The molecule has 1 aromatic rings. The Bertz CT molecular complexity index is 461. The van der Waals surface area contributed by atoms with Crippen molar-refractivity contribution in [1.29, 1.82) is 0 Å². The molecule has 1 aliphatic rings. The highest BCUT2D eigenvalue weighted by molar-refractivity contribution is 9.10. The van der Waals surface area contributed by atoms with Crippen LogP contribution in [0.1, 0.15) is 18.4 Å². The summed E-state index contributed by atoms with van der Waals surface area (Å²) in [5, 5.41) is 0. The molecule has 20 heavy (non-hydrogen) atoms. The van der Waals surface area contributed by atoms with Gasteiger partial charge in [0.05, 0.1) is 6.04 Å². The standard InChI is InChI=1S/C15H21BrN2O2/c1-18(10-11-3-2-4-13(16)9-11)15(19)14(17)12-5-7-20-8-6-12/h2-4,9,12,14H,5-8,10,17H2,1H3. The molecular formula is C15H21BrN2O2. The van der Waals surface area contributed by atoms with Gasteiger partial charge < -0.3 is 15.4 Å². The molecule has 1 amide bonds. The van der Waals surface area contributed by atoms with Crippen LogP contribution in [0.4, 0.5) is 0 Å². The number of hydrogen-bond donors (Lipinski definition) is 1. The number of rotatable bonds is 4. The van der Waals surface area contributed by atoms with Gasteiger partial charge in [0.1, 0.15) is 0 Å². The summed E-state index contributed by atoms with van der Waals surface area (Å²) in [6.07, 6.45) is 1.75. The van der Waals surface area contributed by atoms with Gasteiger partial charge in [0.15, 0.2) is 0 Å². The highest BCUT2D eigenvalue weighted by Gasteiger charge is 2.28. The lowest BCUT2D eigenvalue weighted by atomic mass is 9.91. The average Bonchev–Trinajstić information content (AvgIpc) is 2.46. The molecule has 1 saturated heterocycles. The molecule has 0 saturated carbocycles. The first-order valence-corrected chi connectivity index (χ1v) is 7.70. The molecule has 2 rings (SSSR count). The van der Waals surface area contributed by atoms with Crippen molar-refractivity contribution in [3.05, 3.63) is 34.3 Å². The van der Waals surface area contributed by atoms with Gasteiger partial charge in [0.2, 0.25) is 5.91 Å². The SMILES string of the molecule is CN(Cc1cccc(Br)c1)C(=O)C(N)C1CCOCC1. The van der Waals surface area contributed by atoms with Gasteiger partial charge in [-0.15, -0.1) is 0 Å². The van der Waals surface area contributed by atoms with Gasteiger partial charge in [-0.05, 0) is 36.5 Å². The number of halogens is 1. The summed E-state index contributed by atoms with van der Waals surface area (Å²) in [4.78, 5) is 14.1. The molecule has 110 valence electrons. The van der Waals surface area contributed by atoms with Crippen LogP contribution in [0.15, 0.2) is 28.7 Å². The van der Waals surface area contributed by atoms with E-state index < -0.39 is 6.04 Å². The summed E-state index contributed by atoms with van der Waals surface area (Å²) in [6, 6.07) is 7.55. The summed E-state index contributed by atoms with van der Waals surface area (Å²) < 4.78 is 6.33. The van der Waals surface area contributed by atoms with Crippen molar-refractivity contribution < 1.29 is 9.53 Å². The maximum absolute atomic E-state index is 12.4. The summed E-state index contributed by atoms with van der Waals surface area (Å²) >= 11 is 3.44. The molecule has 2 N–H and O–H groups in total. The van der Waals surface area contributed by atoms with E-state index in [4.69, 9.17) is 10.5 Å². The summed E-state index contributed by atoms with van der Waals surface area (Å²) in [5.41, 5.74) is 7.21. The van der Waals surface area contributed by atoms with Crippen LogP contribution in [0.5, 0.6) is 0 Å². The second kappa shape index (κ2) is 7.20. The van der Waals surface area contributed by atoms with Crippen molar-refractivity contribution in [1.82, 2.24) is 4.90 Å². The first-order valence-electron chi connectivity index (χ1n) is 6.90. The second-order valence-corrected chi connectivity index (χ2v) is 6.22. The zero-order valence-electron chi connectivity index (χ0n) is 11.7. The molecule has 0 aliphatic carbocycles. The number of amides is 1. The summed E-state index contributed by atoms with van der Waals surface area (Å²) in [7, 11) is 1.81. The van der Waals surface area contributed by atoms with Gasteiger partial charge in [-0.25, -0.2) is 0 Å². The van der Waals surface area contributed by atoms with E-state index >= 15 is 0 Å². The van der Waals surface area contributed by atoms with Crippen LogP contribution < -0.4 is 5.73 Å². The average molecular weight is 341 g/mol. The minimum atomic E-state index is -0.420. The number of carbonyl (C=O) groups excluding carboxylic acids is 1. The van der Waals surface area contributed by atoms with Crippen molar-refractivity contribution >= 4 is 21.8 Å². The third-order valence-corrected chi connectivity index (χ3v) is 4.24. The Morgan fingerprint density at radius 2 is 2.20 bits per heavy atom. The highest BCUT2D eigenvalue weighted by atomic mass is 79.9. The fraction of sp³-hybridized carbons (Fsp3) is 0.533. The molecule has 0 spiro atoms. The van der Waals surface area contributed by atoms with Crippen molar-refractivity contribution in [2.45, 2.75) is 25.4 Å². The van der Waals surface area contributed by atoms with Crippen LogP contribution in [0.2, 0.25) is 0 Å². The zero-order chi connectivity index (χ0) is 14.5. The van der Waals surface area contributed by atoms with Crippen molar-refractivity contribution in [2.24, 2.45) is 11.7 Å². The van der Waals surface area contributed by atoms with Gasteiger partial charge in [0.25, 0.3) is 0 Å². The Balaban J connectivity index is 1.93. The largest absolute Gasteiger partial charge is 0.381 e. The minimum Gasteiger partial charge on any atom is -0.381 e. The fourth-order valence-electron chi connectivity index (χ4n) is 2.52. The first kappa shape index (κ1) is 15.5. The Morgan fingerprint density at radius 1 is 1.50 bits per heavy atom. The lowest BCUT2D eigenvalue weighted by Gasteiger charge is -2.29. The van der Waals surface area contributed by atoms with Crippen LogP contribution in [-0.4, -0.2) is 37.1 Å². The third-order valence-electron chi connectivity index (χ3n) is 3.74. The Labute approximate surface area is 128 Å². The van der Waals surface area contributed by atoms with Crippen LogP contribution in [-0.2, 0) is 16.1 Å². The van der Waals surface area contributed by atoms with E-state index in [0.717, 1.165) is 22.9 Å². The Morgan fingerprint density at radius 3 is 2.85 bits per heavy atom. The first-order chi connectivity index (χ1) is 9.58. The van der Waals surface area contributed by atoms with E-state index in [1.54, 1.807) is 4.90 Å². The molecule has 0 radical (unpaired) electrons. The lowest BCUT2D eigenvalue weighted by molar-refractivity contribution is -0.133. The van der Waals surface area contributed by atoms with Gasteiger partial charge in [-0.1, -0.05) is 28.1 Å². The molecule has 1 aliphatic heterocycles. The number of hydrogen-bond acceptors (Lipinski definition) is 3. The van der Waals surface area contributed by atoms with E-state index in [1.807, 2.05) is 31.3 Å². The number of nitrogens with two attached hydrogens (primary N) is 1. The van der Waals surface area contributed by atoms with E-state index in [1.165, 1.54) is 0 Å². The maximum atomic E-state index is 12.4. The number of ether oxygens (including phenoxy) is 1. The van der Waals surface area contributed by atoms with Gasteiger partial charge >= 0.3 is 0 Å². The van der Waals surface area contributed by atoms with Crippen LogP contribution in [0, 0.1) is 5.92 Å². The zero-order valence-corrected chi connectivity index (χ0v) is 13.3. The number of benzene rings is 1. The predicted molar refractivity (Wildman–Crippen MR) is 82.1 cm³/mol. The quantitative estimate of drug-likeness (QED) is 0.913. The summed E-state index contributed by atoms with van der Waals surface area (Å²) in [6.45, 7) is 2.00. The molecular weight excluding hydrogens is 320 g/mol. The lowest BCUT2D eigenvalue weighted by Crippen LogP contribution is -2.47. The molecule has 0 aromatic heterocycles. The second-order valence-electron chi connectivity index (χ2n) is 5.30. The van der Waals surface area contributed by atoms with Crippen LogP contribution in [0.25, 0.3) is 0 Å². The minimum absolute atomic E-state index is 0.0110. The van der Waals surface area contributed by atoms with E-state index in [9.17, 15) is 4.79 Å². The normalized spacial score (nSPS) is 17.8.